The number of Topliss-reactive ketones (excluding diaryl/α,β-unsaturated/α-hetero) is 1. The summed E-state index contributed by atoms with van der Waals surface area (Å²) in [6, 6.07) is 5.04. The molecule has 0 bridgehead atoms. The third-order valence-corrected chi connectivity index (χ3v) is 3.35. The van der Waals surface area contributed by atoms with Crippen LogP contribution < -0.4 is 4.74 Å². The molecule has 0 amide bonds. The van der Waals surface area contributed by atoms with Crippen molar-refractivity contribution in [1.82, 2.24) is 14.8 Å². The summed E-state index contributed by atoms with van der Waals surface area (Å²) in [7, 11) is 0. The van der Waals surface area contributed by atoms with E-state index in [4.69, 9.17) is 4.74 Å². The lowest BCUT2D eigenvalue weighted by Gasteiger charge is -2.25. The maximum absolute atomic E-state index is 12.6. The first-order valence-corrected chi connectivity index (χ1v) is 6.76. The standard InChI is InChI=1S/C14H14N4O6/c1-14(2,13(20)21)11(19)12(17-8-15-7-16-17)24-10-5-3-9(4-6-10)18(22)23/h3-8,12H,1-2H3,(H,20,21). The minimum Gasteiger partial charge on any atom is -0.481 e. The van der Waals surface area contributed by atoms with E-state index in [1.165, 1.54) is 50.8 Å². The van der Waals surface area contributed by atoms with E-state index >= 15 is 0 Å². The smallest absolute Gasteiger partial charge is 0.316 e. The van der Waals surface area contributed by atoms with Gasteiger partial charge in [0.15, 0.2) is 0 Å². The summed E-state index contributed by atoms with van der Waals surface area (Å²) in [4.78, 5) is 37.7. The average Bonchev–Trinajstić information content (AvgIpc) is 3.06. The molecular formula is C14H14N4O6. The number of nitro benzene ring substituents is 1. The number of ketones is 1. The Labute approximate surface area is 135 Å². The highest BCUT2D eigenvalue weighted by Gasteiger charge is 2.42. The fourth-order valence-electron chi connectivity index (χ4n) is 1.76. The molecule has 0 saturated carbocycles. The molecule has 0 fully saturated rings. The number of benzene rings is 1. The molecule has 2 rings (SSSR count). The van der Waals surface area contributed by atoms with Crippen LogP contribution in [0.1, 0.15) is 20.1 Å². The largest absolute Gasteiger partial charge is 0.481 e. The predicted octanol–water partition coefficient (Wildman–Crippen LogP) is 1.44. The average molecular weight is 334 g/mol. The number of carboxylic acids is 1. The number of carbonyl (C=O) groups is 2. The Morgan fingerprint density at radius 3 is 2.42 bits per heavy atom. The van der Waals surface area contributed by atoms with Gasteiger partial charge in [0.1, 0.15) is 23.8 Å². The number of hydrogen-bond acceptors (Lipinski definition) is 7. The second-order valence-corrected chi connectivity index (χ2v) is 5.39. The van der Waals surface area contributed by atoms with Gasteiger partial charge in [0, 0.05) is 12.1 Å². The molecule has 2 aromatic rings. The zero-order valence-electron chi connectivity index (χ0n) is 12.8. The number of hydrogen-bond donors (Lipinski definition) is 1. The third kappa shape index (κ3) is 3.37. The number of carbonyl (C=O) groups excluding carboxylic acids is 1. The van der Waals surface area contributed by atoms with Crippen LogP contribution >= 0.6 is 0 Å². The Bertz CT molecular complexity index is 754. The fraction of sp³-hybridized carbons (Fsp3) is 0.286. The second-order valence-electron chi connectivity index (χ2n) is 5.39. The molecule has 1 unspecified atom stereocenters. The first kappa shape index (κ1) is 17.1. The van der Waals surface area contributed by atoms with E-state index in [0.29, 0.717) is 0 Å². The minimum atomic E-state index is -1.72. The number of ether oxygens (including phenoxy) is 1. The molecule has 0 spiro atoms. The van der Waals surface area contributed by atoms with E-state index in [2.05, 4.69) is 10.1 Å². The maximum atomic E-state index is 12.6. The minimum absolute atomic E-state index is 0.142. The fourth-order valence-corrected chi connectivity index (χ4v) is 1.76. The van der Waals surface area contributed by atoms with Crippen molar-refractivity contribution in [3.05, 3.63) is 47.0 Å². The van der Waals surface area contributed by atoms with E-state index in [9.17, 15) is 24.8 Å². The molecule has 0 aliphatic rings. The van der Waals surface area contributed by atoms with Gasteiger partial charge in [0.05, 0.1) is 4.92 Å². The van der Waals surface area contributed by atoms with Gasteiger partial charge in [-0.2, -0.15) is 5.10 Å². The van der Waals surface area contributed by atoms with Gasteiger partial charge in [0.2, 0.25) is 5.78 Å². The van der Waals surface area contributed by atoms with Crippen molar-refractivity contribution < 1.29 is 24.4 Å². The summed E-state index contributed by atoms with van der Waals surface area (Å²) in [6.07, 6.45) is 1.01. The molecule has 10 nitrogen and oxygen atoms in total. The molecule has 1 N–H and O–H groups in total. The normalized spacial score (nSPS) is 12.4. The van der Waals surface area contributed by atoms with Crippen LogP contribution in [-0.2, 0) is 9.59 Å². The van der Waals surface area contributed by atoms with Gasteiger partial charge in [-0.05, 0) is 26.0 Å². The van der Waals surface area contributed by atoms with Gasteiger partial charge in [-0.15, -0.1) is 0 Å². The maximum Gasteiger partial charge on any atom is 0.316 e. The van der Waals surface area contributed by atoms with E-state index in [1.807, 2.05) is 0 Å². The molecule has 0 radical (unpaired) electrons. The molecule has 1 aromatic heterocycles. The van der Waals surface area contributed by atoms with Crippen molar-refractivity contribution in [1.29, 1.82) is 0 Å². The van der Waals surface area contributed by atoms with Gasteiger partial charge in [0.25, 0.3) is 11.9 Å². The highest BCUT2D eigenvalue weighted by Crippen LogP contribution is 2.28. The quantitative estimate of drug-likeness (QED) is 0.456. The molecule has 0 aliphatic carbocycles. The van der Waals surface area contributed by atoms with Crippen LogP contribution in [-0.4, -0.2) is 36.5 Å². The summed E-state index contributed by atoms with van der Waals surface area (Å²) < 4.78 is 6.59. The summed E-state index contributed by atoms with van der Waals surface area (Å²) in [6.45, 7) is 2.50. The molecule has 1 aromatic carbocycles. The summed E-state index contributed by atoms with van der Waals surface area (Å²) >= 11 is 0. The lowest BCUT2D eigenvalue weighted by molar-refractivity contribution is -0.384. The summed E-state index contributed by atoms with van der Waals surface area (Å²) in [5.41, 5.74) is -1.87. The van der Waals surface area contributed by atoms with Crippen LogP contribution in [0.2, 0.25) is 0 Å². The second kappa shape index (κ2) is 6.44. The Morgan fingerprint density at radius 2 is 1.96 bits per heavy atom. The van der Waals surface area contributed by atoms with E-state index in [-0.39, 0.29) is 11.4 Å². The Morgan fingerprint density at radius 1 is 1.33 bits per heavy atom. The van der Waals surface area contributed by atoms with E-state index in [0.717, 1.165) is 4.68 Å². The highest BCUT2D eigenvalue weighted by atomic mass is 16.6. The number of carboxylic acid groups (broad SMARTS) is 1. The van der Waals surface area contributed by atoms with Gasteiger partial charge in [-0.25, -0.2) is 9.67 Å². The lowest BCUT2D eigenvalue weighted by Crippen LogP contribution is -2.41. The number of aliphatic carboxylic acids is 1. The van der Waals surface area contributed by atoms with Crippen molar-refractivity contribution in [2.45, 2.75) is 20.1 Å². The van der Waals surface area contributed by atoms with Gasteiger partial charge in [-0.1, -0.05) is 0 Å². The number of nitrogens with zero attached hydrogens (tertiary/aromatic N) is 4. The molecule has 24 heavy (non-hydrogen) atoms. The van der Waals surface area contributed by atoms with Crippen LogP contribution in [0.3, 0.4) is 0 Å². The molecular weight excluding hydrogens is 320 g/mol. The molecule has 1 atom stereocenters. The number of non-ortho nitro benzene ring substituents is 1. The number of rotatable bonds is 7. The van der Waals surface area contributed by atoms with Gasteiger partial charge in [-0.3, -0.25) is 19.7 Å². The van der Waals surface area contributed by atoms with Gasteiger partial charge >= 0.3 is 5.97 Å². The molecule has 0 saturated heterocycles. The van der Waals surface area contributed by atoms with Crippen LogP contribution in [0.4, 0.5) is 5.69 Å². The summed E-state index contributed by atoms with van der Waals surface area (Å²) in [5, 5.41) is 23.7. The highest BCUT2D eigenvalue weighted by molar-refractivity contribution is 6.03. The first-order valence-electron chi connectivity index (χ1n) is 6.76. The third-order valence-electron chi connectivity index (χ3n) is 3.35. The predicted molar refractivity (Wildman–Crippen MR) is 79.2 cm³/mol. The van der Waals surface area contributed by atoms with Crippen molar-refractivity contribution in [2.24, 2.45) is 5.41 Å². The Balaban J connectivity index is 2.33. The number of nitro groups is 1. The van der Waals surface area contributed by atoms with Crippen molar-refractivity contribution in [3.63, 3.8) is 0 Å². The Kier molecular flexibility index (Phi) is 4.58. The van der Waals surface area contributed by atoms with E-state index in [1.54, 1.807) is 0 Å². The van der Waals surface area contributed by atoms with Crippen LogP contribution in [0.5, 0.6) is 5.75 Å². The zero-order chi connectivity index (χ0) is 17.9. The van der Waals surface area contributed by atoms with E-state index < -0.39 is 28.3 Å². The van der Waals surface area contributed by atoms with Crippen molar-refractivity contribution >= 4 is 17.4 Å². The summed E-state index contributed by atoms with van der Waals surface area (Å²) in [5.74, 6) is -1.92. The topological polar surface area (TPSA) is 137 Å². The van der Waals surface area contributed by atoms with Crippen LogP contribution in [0.25, 0.3) is 0 Å². The molecule has 126 valence electrons. The monoisotopic (exact) mass is 334 g/mol. The zero-order valence-corrected chi connectivity index (χ0v) is 12.8. The molecule has 10 heteroatoms. The first-order chi connectivity index (χ1) is 11.2. The molecule has 0 aliphatic heterocycles. The number of aromatic nitrogens is 3. The van der Waals surface area contributed by atoms with Crippen LogP contribution in [0, 0.1) is 15.5 Å². The van der Waals surface area contributed by atoms with Crippen molar-refractivity contribution in [3.8, 4) is 5.75 Å². The molecule has 1 heterocycles. The Hall–Kier alpha value is -3.30. The van der Waals surface area contributed by atoms with Crippen LogP contribution in [0.15, 0.2) is 36.9 Å². The van der Waals surface area contributed by atoms with Gasteiger partial charge < -0.3 is 9.84 Å². The SMILES string of the molecule is CC(C)(C(=O)O)C(=O)C(Oc1ccc([N+](=O)[O-])cc1)n1cncn1. The van der Waals surface area contributed by atoms with Crippen molar-refractivity contribution in [2.75, 3.05) is 0 Å². The lowest BCUT2D eigenvalue weighted by atomic mass is 9.87.